The minimum atomic E-state index is -0.587. The highest BCUT2D eigenvalue weighted by Crippen LogP contribution is 2.15. The summed E-state index contributed by atoms with van der Waals surface area (Å²) < 4.78 is 0. The van der Waals surface area contributed by atoms with E-state index in [2.05, 4.69) is 30.2 Å². The summed E-state index contributed by atoms with van der Waals surface area (Å²) in [4.78, 5) is 27.9. The van der Waals surface area contributed by atoms with Gasteiger partial charge in [0.05, 0.1) is 36.7 Å². The first kappa shape index (κ1) is 13.8. The fraction of sp³-hybridized carbons (Fsp3) is 0.462. The number of amides is 1. The number of aliphatic hydroxyl groups excluding tert-OH is 1. The van der Waals surface area contributed by atoms with Gasteiger partial charge in [-0.15, -0.1) is 0 Å². The molecule has 8 nitrogen and oxygen atoms in total. The fourth-order valence-corrected chi connectivity index (χ4v) is 2.52. The molecule has 2 atom stereocenters. The van der Waals surface area contributed by atoms with E-state index in [9.17, 15) is 9.90 Å². The SMILES string of the molecule is Cc1[nH]cnc1CN1C[C@@H](O)[C@H](NC(=O)c2cnc[nH]2)C1. The summed E-state index contributed by atoms with van der Waals surface area (Å²) >= 11 is 0. The average molecular weight is 290 g/mol. The number of aliphatic hydroxyl groups is 1. The van der Waals surface area contributed by atoms with Gasteiger partial charge >= 0.3 is 0 Å². The number of aromatic amines is 2. The second-order valence-electron chi connectivity index (χ2n) is 5.28. The quantitative estimate of drug-likeness (QED) is 0.602. The lowest BCUT2D eigenvalue weighted by molar-refractivity contribution is 0.0883. The third-order valence-electron chi connectivity index (χ3n) is 3.73. The van der Waals surface area contributed by atoms with Gasteiger partial charge in [0.15, 0.2) is 0 Å². The first-order valence-electron chi connectivity index (χ1n) is 6.82. The van der Waals surface area contributed by atoms with Crippen LogP contribution in [0, 0.1) is 6.92 Å². The van der Waals surface area contributed by atoms with Gasteiger partial charge in [-0.1, -0.05) is 0 Å². The van der Waals surface area contributed by atoms with E-state index in [0.717, 1.165) is 11.4 Å². The van der Waals surface area contributed by atoms with Crippen LogP contribution in [-0.4, -0.2) is 61.1 Å². The number of H-pyrrole nitrogens is 2. The molecular formula is C13H18N6O2. The second kappa shape index (κ2) is 5.66. The number of carbonyl (C=O) groups excluding carboxylic acids is 1. The molecule has 0 spiro atoms. The zero-order valence-corrected chi connectivity index (χ0v) is 11.7. The van der Waals surface area contributed by atoms with Crippen LogP contribution in [0.15, 0.2) is 18.9 Å². The van der Waals surface area contributed by atoms with Gasteiger partial charge in [0.25, 0.3) is 5.91 Å². The number of aryl methyl sites for hydroxylation is 1. The molecule has 0 unspecified atom stereocenters. The Balaban J connectivity index is 1.58. The van der Waals surface area contributed by atoms with Gasteiger partial charge in [-0.3, -0.25) is 9.69 Å². The molecule has 3 rings (SSSR count). The Hall–Kier alpha value is -2.19. The van der Waals surface area contributed by atoms with Crippen LogP contribution in [0.1, 0.15) is 21.9 Å². The lowest BCUT2D eigenvalue weighted by atomic mass is 10.2. The van der Waals surface area contributed by atoms with Crippen molar-refractivity contribution in [3.63, 3.8) is 0 Å². The van der Waals surface area contributed by atoms with Crippen molar-refractivity contribution in [1.29, 1.82) is 0 Å². The molecule has 0 saturated carbocycles. The summed E-state index contributed by atoms with van der Waals surface area (Å²) in [5.74, 6) is -0.255. The normalized spacial score (nSPS) is 22.6. The minimum Gasteiger partial charge on any atom is -0.390 e. The zero-order chi connectivity index (χ0) is 14.8. The van der Waals surface area contributed by atoms with Crippen molar-refractivity contribution in [2.24, 2.45) is 0 Å². The number of β-amino-alcohol motifs (C(OH)–C–C–N with tert-alkyl or cyclic N) is 1. The molecule has 3 heterocycles. The molecule has 1 amide bonds. The molecule has 2 aromatic rings. The summed E-state index contributed by atoms with van der Waals surface area (Å²) in [6.07, 6.45) is 3.99. The molecule has 1 saturated heterocycles. The molecule has 0 aromatic carbocycles. The van der Waals surface area contributed by atoms with Crippen LogP contribution in [0.25, 0.3) is 0 Å². The minimum absolute atomic E-state index is 0.255. The summed E-state index contributed by atoms with van der Waals surface area (Å²) in [7, 11) is 0. The van der Waals surface area contributed by atoms with Gasteiger partial charge in [0, 0.05) is 25.3 Å². The lowest BCUT2D eigenvalue weighted by Gasteiger charge is -2.15. The maximum atomic E-state index is 12.0. The Kier molecular flexibility index (Phi) is 3.72. The Morgan fingerprint density at radius 2 is 2.33 bits per heavy atom. The van der Waals surface area contributed by atoms with Crippen molar-refractivity contribution in [3.05, 3.63) is 35.9 Å². The highest BCUT2D eigenvalue weighted by Gasteiger charge is 2.33. The number of carbonyl (C=O) groups is 1. The molecule has 1 fully saturated rings. The molecular weight excluding hydrogens is 272 g/mol. The third-order valence-corrected chi connectivity index (χ3v) is 3.73. The van der Waals surface area contributed by atoms with Crippen molar-refractivity contribution in [1.82, 2.24) is 30.2 Å². The van der Waals surface area contributed by atoms with Crippen LogP contribution >= 0.6 is 0 Å². The summed E-state index contributed by atoms with van der Waals surface area (Å²) in [5.41, 5.74) is 2.38. The van der Waals surface area contributed by atoms with E-state index in [1.54, 1.807) is 6.33 Å². The number of hydrogen-bond donors (Lipinski definition) is 4. The summed E-state index contributed by atoms with van der Waals surface area (Å²) in [6, 6.07) is -0.292. The van der Waals surface area contributed by atoms with E-state index in [4.69, 9.17) is 0 Å². The topological polar surface area (TPSA) is 110 Å². The van der Waals surface area contributed by atoms with Gasteiger partial charge in [-0.25, -0.2) is 9.97 Å². The first-order chi connectivity index (χ1) is 10.1. The maximum Gasteiger partial charge on any atom is 0.269 e. The monoisotopic (exact) mass is 290 g/mol. The molecule has 0 radical (unpaired) electrons. The summed E-state index contributed by atoms with van der Waals surface area (Å²) in [5, 5.41) is 12.9. The van der Waals surface area contributed by atoms with Crippen molar-refractivity contribution < 1.29 is 9.90 Å². The van der Waals surface area contributed by atoms with E-state index < -0.39 is 6.10 Å². The van der Waals surface area contributed by atoms with E-state index in [0.29, 0.717) is 25.3 Å². The summed E-state index contributed by atoms with van der Waals surface area (Å²) in [6.45, 7) is 3.72. The van der Waals surface area contributed by atoms with Crippen LogP contribution in [0.4, 0.5) is 0 Å². The van der Waals surface area contributed by atoms with Gasteiger partial charge in [0.2, 0.25) is 0 Å². The van der Waals surface area contributed by atoms with Gasteiger partial charge < -0.3 is 20.4 Å². The zero-order valence-electron chi connectivity index (χ0n) is 11.7. The maximum absolute atomic E-state index is 12.0. The van der Waals surface area contributed by atoms with Crippen LogP contribution in [0.5, 0.6) is 0 Å². The van der Waals surface area contributed by atoms with E-state index >= 15 is 0 Å². The molecule has 21 heavy (non-hydrogen) atoms. The number of nitrogens with one attached hydrogen (secondary N) is 3. The Labute approximate surface area is 121 Å². The number of likely N-dealkylation sites (tertiary alicyclic amines) is 1. The highest BCUT2D eigenvalue weighted by molar-refractivity contribution is 5.92. The first-order valence-corrected chi connectivity index (χ1v) is 6.82. The van der Waals surface area contributed by atoms with Gasteiger partial charge in [-0.2, -0.15) is 0 Å². The van der Waals surface area contributed by atoms with Crippen LogP contribution in [0.3, 0.4) is 0 Å². The van der Waals surface area contributed by atoms with E-state index in [-0.39, 0.29) is 11.9 Å². The van der Waals surface area contributed by atoms with Gasteiger partial charge in [-0.05, 0) is 6.92 Å². The largest absolute Gasteiger partial charge is 0.390 e. The van der Waals surface area contributed by atoms with Crippen molar-refractivity contribution in [2.45, 2.75) is 25.6 Å². The van der Waals surface area contributed by atoms with Crippen LogP contribution in [0.2, 0.25) is 0 Å². The molecule has 8 heteroatoms. The molecule has 1 aliphatic heterocycles. The molecule has 0 aliphatic carbocycles. The van der Waals surface area contributed by atoms with Crippen molar-refractivity contribution >= 4 is 5.91 Å². The van der Waals surface area contributed by atoms with Crippen LogP contribution in [-0.2, 0) is 6.54 Å². The number of rotatable bonds is 4. The van der Waals surface area contributed by atoms with E-state index in [1.165, 1.54) is 12.5 Å². The number of aromatic nitrogens is 4. The van der Waals surface area contributed by atoms with Crippen molar-refractivity contribution in [3.8, 4) is 0 Å². The Morgan fingerprint density at radius 3 is 3.00 bits per heavy atom. The lowest BCUT2D eigenvalue weighted by Crippen LogP contribution is -2.42. The second-order valence-corrected chi connectivity index (χ2v) is 5.28. The Bertz CT molecular complexity index is 608. The molecule has 0 bridgehead atoms. The van der Waals surface area contributed by atoms with Crippen LogP contribution < -0.4 is 5.32 Å². The smallest absolute Gasteiger partial charge is 0.269 e. The van der Waals surface area contributed by atoms with Gasteiger partial charge in [0.1, 0.15) is 5.69 Å². The Morgan fingerprint density at radius 1 is 1.48 bits per heavy atom. The van der Waals surface area contributed by atoms with E-state index in [1.807, 2.05) is 6.92 Å². The number of imidazole rings is 2. The highest BCUT2D eigenvalue weighted by atomic mass is 16.3. The molecule has 1 aliphatic rings. The predicted octanol–water partition coefficient (Wildman–Crippen LogP) is -0.584. The predicted molar refractivity (Wildman–Crippen MR) is 74.5 cm³/mol. The fourth-order valence-electron chi connectivity index (χ4n) is 2.52. The molecule has 2 aromatic heterocycles. The number of nitrogens with zero attached hydrogens (tertiary/aromatic N) is 3. The third kappa shape index (κ3) is 2.96. The van der Waals surface area contributed by atoms with Crippen molar-refractivity contribution in [2.75, 3.05) is 13.1 Å². The molecule has 4 N–H and O–H groups in total. The molecule has 112 valence electrons. The average Bonchev–Trinajstić information content (AvgIpc) is 3.15. The standard InChI is InChI=1S/C13H18N6O2/c1-8-10(17-7-15-8)3-19-4-11(12(20)5-19)18-13(21)9-2-14-6-16-9/h2,6-7,11-12,20H,3-5H2,1H3,(H,14,16)(H,15,17)(H,18,21)/t11-,12-/m1/s1. The number of hydrogen-bond acceptors (Lipinski definition) is 5.